The minimum atomic E-state index is -0.253. The first kappa shape index (κ1) is 20.2. The highest BCUT2D eigenvalue weighted by atomic mass is 16.6. The molecule has 1 N–H and O–H groups in total. The zero-order valence-electron chi connectivity index (χ0n) is 17.3. The fourth-order valence-electron chi connectivity index (χ4n) is 5.32. The van der Waals surface area contributed by atoms with Gasteiger partial charge in [0.05, 0.1) is 11.6 Å². The van der Waals surface area contributed by atoms with E-state index >= 15 is 0 Å². The summed E-state index contributed by atoms with van der Waals surface area (Å²) in [5.74, 6) is 1.28. The van der Waals surface area contributed by atoms with Gasteiger partial charge in [-0.3, -0.25) is 0 Å². The van der Waals surface area contributed by atoms with Crippen LogP contribution >= 0.6 is 0 Å². The van der Waals surface area contributed by atoms with Crippen LogP contribution in [0.25, 0.3) is 0 Å². The molecule has 1 spiro atoms. The third-order valence-corrected chi connectivity index (χ3v) is 7.02. The van der Waals surface area contributed by atoms with Crippen molar-refractivity contribution in [3.05, 3.63) is 60.2 Å². The summed E-state index contributed by atoms with van der Waals surface area (Å²) in [5.41, 5.74) is 4.36. The fraction of sp³-hybridized carbons (Fsp3) is 0.560. The normalized spacial score (nSPS) is 28.2. The van der Waals surface area contributed by atoms with Crippen LogP contribution in [-0.4, -0.2) is 30.9 Å². The standard InChI is InChI=1S/C25H33NO3/c1-3-23(4-2)28-13-5-6-18-7-8-20-15-21(10-9-19(20)14-18)22-11-12-25(16-22)17-29-24(27)26-25/h3-4,9-10,15,18,22-23H,1-2,5-8,11-14,16-17H2,(H,26,27)/t18-,22+,25-/m1/s1. The van der Waals surface area contributed by atoms with E-state index in [0.29, 0.717) is 12.5 Å². The molecule has 4 nitrogen and oxygen atoms in total. The molecular formula is C25H33NO3. The third-order valence-electron chi connectivity index (χ3n) is 7.02. The van der Waals surface area contributed by atoms with Gasteiger partial charge in [0.25, 0.3) is 0 Å². The van der Waals surface area contributed by atoms with Crippen molar-refractivity contribution in [2.45, 2.75) is 68.9 Å². The molecule has 156 valence electrons. The van der Waals surface area contributed by atoms with E-state index in [4.69, 9.17) is 9.47 Å². The highest BCUT2D eigenvalue weighted by Gasteiger charge is 2.46. The Morgan fingerprint density at radius 1 is 1.28 bits per heavy atom. The van der Waals surface area contributed by atoms with E-state index in [1.165, 1.54) is 42.4 Å². The second-order valence-corrected chi connectivity index (χ2v) is 9.01. The summed E-state index contributed by atoms with van der Waals surface area (Å²) in [7, 11) is 0. The number of nitrogens with one attached hydrogen (secondary N) is 1. The van der Waals surface area contributed by atoms with Crippen LogP contribution < -0.4 is 5.32 Å². The maximum atomic E-state index is 11.5. The molecule has 0 unspecified atom stereocenters. The van der Waals surface area contributed by atoms with E-state index in [0.717, 1.165) is 38.2 Å². The number of cyclic esters (lactones) is 1. The van der Waals surface area contributed by atoms with Gasteiger partial charge in [-0.1, -0.05) is 30.4 Å². The Labute approximate surface area is 174 Å². The molecule has 4 rings (SSSR count). The van der Waals surface area contributed by atoms with Gasteiger partial charge in [-0.15, -0.1) is 13.2 Å². The van der Waals surface area contributed by atoms with Crippen molar-refractivity contribution in [3.8, 4) is 0 Å². The van der Waals surface area contributed by atoms with E-state index in [2.05, 4.69) is 36.7 Å². The number of hydrogen-bond donors (Lipinski definition) is 1. The quantitative estimate of drug-likeness (QED) is 0.493. The van der Waals surface area contributed by atoms with Gasteiger partial charge < -0.3 is 14.8 Å². The van der Waals surface area contributed by atoms with Gasteiger partial charge in [0.1, 0.15) is 6.61 Å². The Morgan fingerprint density at radius 2 is 2.14 bits per heavy atom. The van der Waals surface area contributed by atoms with Crippen LogP contribution in [0.4, 0.5) is 4.79 Å². The van der Waals surface area contributed by atoms with Crippen LogP contribution in [0.1, 0.15) is 61.1 Å². The Balaban J connectivity index is 1.29. The molecule has 1 aromatic carbocycles. The second-order valence-electron chi connectivity index (χ2n) is 9.01. The van der Waals surface area contributed by atoms with Crippen LogP contribution in [-0.2, 0) is 22.3 Å². The van der Waals surface area contributed by atoms with E-state index in [1.54, 1.807) is 12.2 Å². The fourth-order valence-corrected chi connectivity index (χ4v) is 5.32. The number of aryl methyl sites for hydroxylation is 1. The zero-order valence-corrected chi connectivity index (χ0v) is 17.3. The predicted molar refractivity (Wildman–Crippen MR) is 115 cm³/mol. The van der Waals surface area contributed by atoms with Gasteiger partial charge in [0, 0.05) is 6.61 Å². The number of carbonyl (C=O) groups excluding carboxylic acids is 1. The van der Waals surface area contributed by atoms with Gasteiger partial charge in [-0.25, -0.2) is 4.79 Å². The number of ether oxygens (including phenoxy) is 2. The lowest BCUT2D eigenvalue weighted by Crippen LogP contribution is -2.40. The summed E-state index contributed by atoms with van der Waals surface area (Å²) < 4.78 is 10.9. The second kappa shape index (κ2) is 8.74. The molecule has 2 fully saturated rings. The Kier molecular flexibility index (Phi) is 6.09. The number of alkyl carbamates (subject to hydrolysis) is 1. The third kappa shape index (κ3) is 4.58. The topological polar surface area (TPSA) is 47.6 Å². The van der Waals surface area contributed by atoms with Crippen molar-refractivity contribution in [3.63, 3.8) is 0 Å². The zero-order chi connectivity index (χ0) is 20.3. The molecule has 0 radical (unpaired) electrons. The minimum Gasteiger partial charge on any atom is -0.447 e. The first-order valence-corrected chi connectivity index (χ1v) is 11.0. The van der Waals surface area contributed by atoms with Gasteiger partial charge in [-0.2, -0.15) is 0 Å². The number of hydrogen-bond acceptors (Lipinski definition) is 3. The molecular weight excluding hydrogens is 362 g/mol. The molecule has 1 heterocycles. The van der Waals surface area contributed by atoms with Crippen molar-refractivity contribution in [2.75, 3.05) is 13.2 Å². The summed E-state index contributed by atoms with van der Waals surface area (Å²) in [6.45, 7) is 8.83. The summed E-state index contributed by atoms with van der Waals surface area (Å²) >= 11 is 0. The van der Waals surface area contributed by atoms with E-state index in [-0.39, 0.29) is 17.7 Å². The van der Waals surface area contributed by atoms with Crippen molar-refractivity contribution in [1.82, 2.24) is 5.32 Å². The average molecular weight is 396 g/mol. The van der Waals surface area contributed by atoms with Crippen LogP contribution in [0.15, 0.2) is 43.5 Å². The number of carbonyl (C=O) groups is 1. The Morgan fingerprint density at radius 3 is 2.90 bits per heavy atom. The SMILES string of the molecule is C=CC(C=C)OCCC[C@@H]1CCc2cc([C@H]3CC[C@]4(COC(=O)N4)C3)ccc2C1. The van der Waals surface area contributed by atoms with Gasteiger partial charge in [0.15, 0.2) is 0 Å². The maximum absolute atomic E-state index is 11.5. The smallest absolute Gasteiger partial charge is 0.407 e. The molecule has 1 amide bonds. The lowest BCUT2D eigenvalue weighted by Gasteiger charge is -2.26. The lowest BCUT2D eigenvalue weighted by atomic mass is 9.80. The molecule has 0 aromatic heterocycles. The molecule has 29 heavy (non-hydrogen) atoms. The largest absolute Gasteiger partial charge is 0.447 e. The van der Waals surface area contributed by atoms with Crippen molar-refractivity contribution in [2.24, 2.45) is 5.92 Å². The Bertz CT molecular complexity index is 765. The molecule has 1 aromatic rings. The maximum Gasteiger partial charge on any atom is 0.407 e. The van der Waals surface area contributed by atoms with Crippen molar-refractivity contribution < 1.29 is 14.3 Å². The molecule has 3 atom stereocenters. The highest BCUT2D eigenvalue weighted by Crippen LogP contribution is 2.43. The minimum absolute atomic E-state index is 0.0284. The molecule has 2 aliphatic carbocycles. The van der Waals surface area contributed by atoms with Gasteiger partial charge >= 0.3 is 6.09 Å². The Hall–Kier alpha value is -2.07. The highest BCUT2D eigenvalue weighted by molar-refractivity contribution is 5.70. The number of benzene rings is 1. The van der Waals surface area contributed by atoms with Gasteiger partial charge in [-0.05, 0) is 79.9 Å². The summed E-state index contributed by atoms with van der Waals surface area (Å²) in [6.07, 6.45) is 12.4. The molecule has 1 saturated heterocycles. The summed E-state index contributed by atoms with van der Waals surface area (Å²) in [4.78, 5) is 11.5. The molecule has 1 aliphatic heterocycles. The molecule has 0 bridgehead atoms. The lowest BCUT2D eigenvalue weighted by molar-refractivity contribution is 0.108. The number of rotatable bonds is 8. The van der Waals surface area contributed by atoms with Crippen molar-refractivity contribution in [1.29, 1.82) is 0 Å². The first-order chi connectivity index (χ1) is 14.1. The summed E-state index contributed by atoms with van der Waals surface area (Å²) in [5, 5.41) is 3.05. The number of fused-ring (bicyclic) bond motifs is 1. The predicted octanol–water partition coefficient (Wildman–Crippen LogP) is 5.08. The average Bonchev–Trinajstić information content (AvgIpc) is 3.33. The van der Waals surface area contributed by atoms with Crippen LogP contribution in [0.3, 0.4) is 0 Å². The van der Waals surface area contributed by atoms with Gasteiger partial charge in [0.2, 0.25) is 0 Å². The summed E-state index contributed by atoms with van der Waals surface area (Å²) in [6, 6.07) is 7.12. The van der Waals surface area contributed by atoms with Crippen LogP contribution in [0.2, 0.25) is 0 Å². The van der Waals surface area contributed by atoms with E-state index in [9.17, 15) is 4.79 Å². The molecule has 1 saturated carbocycles. The van der Waals surface area contributed by atoms with Crippen molar-refractivity contribution >= 4 is 6.09 Å². The number of amides is 1. The first-order valence-electron chi connectivity index (χ1n) is 11.0. The van der Waals surface area contributed by atoms with Crippen LogP contribution in [0.5, 0.6) is 0 Å². The van der Waals surface area contributed by atoms with Crippen LogP contribution in [0, 0.1) is 5.92 Å². The van der Waals surface area contributed by atoms with E-state index < -0.39 is 0 Å². The molecule has 4 heteroatoms. The molecule has 3 aliphatic rings. The monoisotopic (exact) mass is 395 g/mol. The van der Waals surface area contributed by atoms with E-state index in [1.807, 2.05) is 0 Å².